The number of hydrogen-bond donors (Lipinski definition) is 1. The number of aliphatic hydroxyl groups excluding tert-OH is 1. The fourth-order valence-corrected chi connectivity index (χ4v) is 9.34. The highest BCUT2D eigenvalue weighted by Crippen LogP contribution is 2.68. The van der Waals surface area contributed by atoms with Gasteiger partial charge < -0.3 is 9.84 Å². The number of hydrogen-bond acceptors (Lipinski definition) is 3. The van der Waals surface area contributed by atoms with Crippen LogP contribution in [0.25, 0.3) is 0 Å². The first-order valence-corrected chi connectivity index (χ1v) is 14.1. The van der Waals surface area contributed by atoms with E-state index < -0.39 is 6.10 Å². The standard InChI is InChI=1S/C29H50O3/c1-5-6-7-8-9-10-11-21-13-15-24-23-14-12-22-18-26(31)27(32-20(2)30)19-29(22,4)25(23)16-17-28(21,24)3/h21-27,31H,5-19H2,1-4H3. The zero-order valence-corrected chi connectivity index (χ0v) is 21.4. The number of carbonyl (C=O) groups excluding carboxylic acids is 1. The molecule has 4 saturated carbocycles. The average Bonchev–Trinajstić information content (AvgIpc) is 3.07. The van der Waals surface area contributed by atoms with E-state index in [4.69, 9.17) is 4.74 Å². The van der Waals surface area contributed by atoms with Crippen molar-refractivity contribution >= 4 is 5.97 Å². The summed E-state index contributed by atoms with van der Waals surface area (Å²) in [4.78, 5) is 11.7. The smallest absolute Gasteiger partial charge is 0.302 e. The third-order valence-corrected chi connectivity index (χ3v) is 11.1. The molecule has 4 aliphatic rings. The second-order valence-electron chi connectivity index (χ2n) is 12.7. The summed E-state index contributed by atoms with van der Waals surface area (Å²) in [6, 6.07) is 0. The van der Waals surface area contributed by atoms with Crippen LogP contribution in [0.3, 0.4) is 0 Å². The van der Waals surface area contributed by atoms with E-state index in [0.717, 1.165) is 36.5 Å². The predicted molar refractivity (Wildman–Crippen MR) is 130 cm³/mol. The number of carbonyl (C=O) groups is 1. The first kappa shape index (κ1) is 24.6. The maximum atomic E-state index is 11.7. The molecule has 4 aliphatic carbocycles. The maximum absolute atomic E-state index is 11.7. The highest BCUT2D eigenvalue weighted by molar-refractivity contribution is 5.66. The Kier molecular flexibility index (Phi) is 7.64. The molecule has 184 valence electrons. The zero-order chi connectivity index (χ0) is 22.9. The van der Waals surface area contributed by atoms with Crippen LogP contribution in [0.4, 0.5) is 0 Å². The number of rotatable bonds is 8. The lowest BCUT2D eigenvalue weighted by atomic mass is 9.44. The summed E-state index contributed by atoms with van der Waals surface area (Å²) >= 11 is 0. The van der Waals surface area contributed by atoms with Crippen molar-refractivity contribution in [3.63, 3.8) is 0 Å². The van der Waals surface area contributed by atoms with Gasteiger partial charge in [-0.25, -0.2) is 0 Å². The fourth-order valence-electron chi connectivity index (χ4n) is 9.34. The van der Waals surface area contributed by atoms with Gasteiger partial charge in [0, 0.05) is 6.92 Å². The molecule has 4 fully saturated rings. The van der Waals surface area contributed by atoms with Crippen molar-refractivity contribution in [3.05, 3.63) is 0 Å². The second-order valence-corrected chi connectivity index (χ2v) is 12.7. The molecule has 1 N–H and O–H groups in total. The number of fused-ring (bicyclic) bond motifs is 5. The third kappa shape index (κ3) is 4.53. The molecule has 4 rings (SSSR count). The van der Waals surface area contributed by atoms with Crippen molar-refractivity contribution in [1.29, 1.82) is 0 Å². The molecule has 0 aliphatic heterocycles. The highest BCUT2D eigenvalue weighted by atomic mass is 16.6. The van der Waals surface area contributed by atoms with E-state index in [1.165, 1.54) is 90.4 Å². The highest BCUT2D eigenvalue weighted by Gasteiger charge is 2.61. The molecule has 0 aromatic heterocycles. The molecule has 9 atom stereocenters. The Bertz CT molecular complexity index is 646. The van der Waals surface area contributed by atoms with Gasteiger partial charge in [-0.2, -0.15) is 0 Å². The minimum absolute atomic E-state index is 0.223. The minimum Gasteiger partial charge on any atom is -0.460 e. The first-order chi connectivity index (χ1) is 15.3. The Hall–Kier alpha value is -0.570. The molecule has 32 heavy (non-hydrogen) atoms. The molecular formula is C29H50O3. The molecule has 0 amide bonds. The SMILES string of the molecule is CCCCCCCCC1CCC2C3CCC4CC(O)C(OC(C)=O)CC4(C)C3CCC12C. The van der Waals surface area contributed by atoms with Crippen molar-refractivity contribution in [2.45, 2.75) is 136 Å². The first-order valence-electron chi connectivity index (χ1n) is 14.1. The Labute approximate surface area is 197 Å². The molecular weight excluding hydrogens is 396 g/mol. The largest absolute Gasteiger partial charge is 0.460 e. The van der Waals surface area contributed by atoms with Crippen molar-refractivity contribution < 1.29 is 14.6 Å². The minimum atomic E-state index is -0.476. The second kappa shape index (κ2) is 9.96. The van der Waals surface area contributed by atoms with Crippen LogP contribution >= 0.6 is 0 Å². The van der Waals surface area contributed by atoms with E-state index in [2.05, 4.69) is 20.8 Å². The van der Waals surface area contributed by atoms with Crippen LogP contribution in [-0.2, 0) is 9.53 Å². The molecule has 0 heterocycles. The van der Waals surface area contributed by atoms with E-state index in [0.29, 0.717) is 11.3 Å². The summed E-state index contributed by atoms with van der Waals surface area (Å²) in [6.07, 6.45) is 19.1. The van der Waals surface area contributed by atoms with Crippen LogP contribution in [0.1, 0.15) is 124 Å². The van der Waals surface area contributed by atoms with E-state index >= 15 is 0 Å². The topological polar surface area (TPSA) is 46.5 Å². The van der Waals surface area contributed by atoms with Gasteiger partial charge in [-0.3, -0.25) is 4.79 Å². The summed E-state index contributed by atoms with van der Waals surface area (Å²) in [5, 5.41) is 10.7. The lowest BCUT2D eigenvalue weighted by molar-refractivity contribution is -0.182. The molecule has 0 radical (unpaired) electrons. The summed E-state index contributed by atoms with van der Waals surface area (Å²) in [7, 11) is 0. The summed E-state index contributed by atoms with van der Waals surface area (Å²) in [6.45, 7) is 8.93. The van der Waals surface area contributed by atoms with Gasteiger partial charge in [0.25, 0.3) is 0 Å². The average molecular weight is 447 g/mol. The summed E-state index contributed by atoms with van der Waals surface area (Å²) in [5.74, 6) is 3.77. The van der Waals surface area contributed by atoms with Gasteiger partial charge in [0.15, 0.2) is 0 Å². The molecule has 0 spiro atoms. The van der Waals surface area contributed by atoms with Crippen LogP contribution in [0.2, 0.25) is 0 Å². The van der Waals surface area contributed by atoms with Crippen molar-refractivity contribution in [2.24, 2.45) is 40.4 Å². The molecule has 9 unspecified atom stereocenters. The van der Waals surface area contributed by atoms with Gasteiger partial charge in [0.05, 0.1) is 6.10 Å². The zero-order valence-electron chi connectivity index (χ0n) is 21.4. The van der Waals surface area contributed by atoms with E-state index in [1.54, 1.807) is 0 Å². The quantitative estimate of drug-likeness (QED) is 0.314. The van der Waals surface area contributed by atoms with Crippen LogP contribution in [0, 0.1) is 40.4 Å². The number of aliphatic hydroxyl groups is 1. The number of esters is 1. The third-order valence-electron chi connectivity index (χ3n) is 11.1. The van der Waals surface area contributed by atoms with Crippen LogP contribution < -0.4 is 0 Å². The Morgan fingerprint density at radius 2 is 1.66 bits per heavy atom. The monoisotopic (exact) mass is 446 g/mol. The van der Waals surface area contributed by atoms with Gasteiger partial charge in [0.1, 0.15) is 6.10 Å². The maximum Gasteiger partial charge on any atom is 0.302 e. The van der Waals surface area contributed by atoms with Gasteiger partial charge in [0.2, 0.25) is 0 Å². The molecule has 0 aromatic rings. The number of ether oxygens (including phenoxy) is 1. The Morgan fingerprint density at radius 1 is 0.938 bits per heavy atom. The van der Waals surface area contributed by atoms with Gasteiger partial charge in [-0.15, -0.1) is 0 Å². The summed E-state index contributed by atoms with van der Waals surface area (Å²) in [5.41, 5.74) is 0.776. The van der Waals surface area contributed by atoms with Crippen LogP contribution in [-0.4, -0.2) is 23.3 Å². The van der Waals surface area contributed by atoms with E-state index in [-0.39, 0.29) is 17.5 Å². The van der Waals surface area contributed by atoms with E-state index in [9.17, 15) is 9.90 Å². The van der Waals surface area contributed by atoms with Crippen molar-refractivity contribution in [1.82, 2.24) is 0 Å². The van der Waals surface area contributed by atoms with Crippen LogP contribution in [0.15, 0.2) is 0 Å². The molecule has 3 nitrogen and oxygen atoms in total. The normalized spacial score (nSPS) is 45.6. The van der Waals surface area contributed by atoms with E-state index in [1.807, 2.05) is 0 Å². The Balaban J connectivity index is 1.40. The van der Waals surface area contributed by atoms with Crippen molar-refractivity contribution in [3.8, 4) is 0 Å². The Morgan fingerprint density at radius 3 is 2.41 bits per heavy atom. The summed E-state index contributed by atoms with van der Waals surface area (Å²) < 4.78 is 5.61. The fraction of sp³-hybridized carbons (Fsp3) is 0.966. The predicted octanol–water partition coefficient (Wildman–Crippen LogP) is 7.30. The van der Waals surface area contributed by atoms with Crippen LogP contribution in [0.5, 0.6) is 0 Å². The van der Waals surface area contributed by atoms with Gasteiger partial charge in [-0.05, 0) is 98.2 Å². The lowest BCUT2D eigenvalue weighted by Crippen LogP contribution is -2.57. The molecule has 0 saturated heterocycles. The molecule has 3 heteroatoms. The lowest BCUT2D eigenvalue weighted by Gasteiger charge is -2.61. The molecule has 0 bridgehead atoms. The number of unbranched alkanes of at least 4 members (excludes halogenated alkanes) is 5. The van der Waals surface area contributed by atoms with Gasteiger partial charge in [-0.1, -0.05) is 59.3 Å². The van der Waals surface area contributed by atoms with Crippen molar-refractivity contribution in [2.75, 3.05) is 0 Å². The van der Waals surface area contributed by atoms with Gasteiger partial charge >= 0.3 is 5.97 Å². The molecule has 0 aromatic carbocycles.